The highest BCUT2D eigenvalue weighted by molar-refractivity contribution is 5.75. The summed E-state index contributed by atoms with van der Waals surface area (Å²) in [6.07, 6.45) is 6.55. The van der Waals surface area contributed by atoms with Crippen LogP contribution in [0.4, 0.5) is 5.82 Å². The van der Waals surface area contributed by atoms with Gasteiger partial charge in [0, 0.05) is 20.0 Å². The zero-order chi connectivity index (χ0) is 15.6. The molecule has 4 rings (SSSR count). The molecule has 1 aliphatic heterocycles. The lowest BCUT2D eigenvalue weighted by molar-refractivity contribution is 0.601. The molecule has 0 bridgehead atoms. The molecule has 0 fully saturated rings. The van der Waals surface area contributed by atoms with Crippen molar-refractivity contribution >= 4 is 16.9 Å². The zero-order valence-corrected chi connectivity index (χ0v) is 13.3. The van der Waals surface area contributed by atoms with Gasteiger partial charge in [-0.15, -0.1) is 10.2 Å². The van der Waals surface area contributed by atoms with Crippen molar-refractivity contribution in [2.45, 2.75) is 38.8 Å². The van der Waals surface area contributed by atoms with Crippen LogP contribution in [0.25, 0.3) is 11.0 Å². The molecule has 0 unspecified atom stereocenters. The van der Waals surface area contributed by atoms with Crippen LogP contribution in [0, 0.1) is 0 Å². The highest BCUT2D eigenvalue weighted by Gasteiger charge is 2.16. The van der Waals surface area contributed by atoms with Gasteiger partial charge in [-0.05, 0) is 25.0 Å². The minimum absolute atomic E-state index is 0.694. The number of hydrogen-bond donors (Lipinski definition) is 0. The van der Waals surface area contributed by atoms with E-state index in [-0.39, 0.29) is 0 Å². The van der Waals surface area contributed by atoms with Crippen molar-refractivity contribution in [1.29, 1.82) is 0 Å². The molecule has 0 amide bonds. The number of nitrogens with zero attached hydrogens (tertiary/aromatic N) is 6. The van der Waals surface area contributed by atoms with Gasteiger partial charge in [0.25, 0.3) is 0 Å². The molecule has 0 saturated heterocycles. The first-order chi connectivity index (χ1) is 11.3. The molecular weight excluding hydrogens is 288 g/mol. The predicted molar refractivity (Wildman–Crippen MR) is 89.2 cm³/mol. The van der Waals surface area contributed by atoms with Gasteiger partial charge in [0.05, 0.1) is 23.8 Å². The maximum atomic E-state index is 4.69. The van der Waals surface area contributed by atoms with Gasteiger partial charge in [-0.1, -0.05) is 18.6 Å². The van der Waals surface area contributed by atoms with Crippen molar-refractivity contribution in [2.24, 2.45) is 0 Å². The van der Waals surface area contributed by atoms with E-state index < -0.39 is 0 Å². The van der Waals surface area contributed by atoms with Crippen LogP contribution < -0.4 is 4.90 Å². The summed E-state index contributed by atoms with van der Waals surface area (Å²) in [4.78, 5) is 11.3. The van der Waals surface area contributed by atoms with Gasteiger partial charge in [0.15, 0.2) is 5.82 Å². The maximum Gasteiger partial charge on any atom is 0.152 e. The van der Waals surface area contributed by atoms with Crippen LogP contribution >= 0.6 is 0 Å². The zero-order valence-electron chi connectivity index (χ0n) is 13.3. The number of benzene rings is 1. The maximum absolute atomic E-state index is 4.69. The lowest BCUT2D eigenvalue weighted by Crippen LogP contribution is -2.21. The molecule has 0 radical (unpaired) electrons. The summed E-state index contributed by atoms with van der Waals surface area (Å²) in [6, 6.07) is 7.93. The van der Waals surface area contributed by atoms with E-state index in [1.165, 1.54) is 19.3 Å². The van der Waals surface area contributed by atoms with Crippen LogP contribution in [0.5, 0.6) is 0 Å². The van der Waals surface area contributed by atoms with Crippen molar-refractivity contribution < 1.29 is 0 Å². The molecule has 0 aliphatic carbocycles. The topological polar surface area (TPSA) is 59.7 Å². The molecule has 1 aromatic carbocycles. The lowest BCUT2D eigenvalue weighted by Gasteiger charge is -2.18. The van der Waals surface area contributed by atoms with E-state index in [1.807, 2.05) is 37.5 Å². The van der Waals surface area contributed by atoms with E-state index in [9.17, 15) is 0 Å². The molecule has 6 heteroatoms. The Bertz CT molecular complexity index is 825. The molecular formula is C17H20N6. The molecule has 118 valence electrons. The van der Waals surface area contributed by atoms with Crippen LogP contribution in [-0.2, 0) is 19.5 Å². The lowest BCUT2D eigenvalue weighted by atomic mass is 10.2. The molecule has 0 saturated carbocycles. The second-order valence-electron chi connectivity index (χ2n) is 6.07. The van der Waals surface area contributed by atoms with Crippen molar-refractivity contribution in [1.82, 2.24) is 24.7 Å². The van der Waals surface area contributed by atoms with Gasteiger partial charge >= 0.3 is 0 Å². The number of rotatable bonds is 3. The largest absolute Gasteiger partial charge is 0.351 e. The van der Waals surface area contributed by atoms with Crippen molar-refractivity contribution in [2.75, 3.05) is 11.9 Å². The van der Waals surface area contributed by atoms with Crippen molar-refractivity contribution in [3.8, 4) is 0 Å². The third-order valence-electron chi connectivity index (χ3n) is 4.39. The number of hydrogen-bond acceptors (Lipinski definition) is 5. The summed E-state index contributed by atoms with van der Waals surface area (Å²) in [7, 11) is 2.02. The molecule has 3 aromatic rings. The molecule has 2 aromatic heterocycles. The van der Waals surface area contributed by atoms with E-state index in [1.54, 1.807) is 0 Å². The summed E-state index contributed by atoms with van der Waals surface area (Å²) in [6.45, 7) is 1.72. The second-order valence-corrected chi connectivity index (χ2v) is 6.07. The van der Waals surface area contributed by atoms with Gasteiger partial charge in [0.1, 0.15) is 11.6 Å². The first kappa shape index (κ1) is 14.1. The Balaban J connectivity index is 1.59. The van der Waals surface area contributed by atoms with Crippen LogP contribution in [0.1, 0.15) is 30.9 Å². The number of anilines is 1. The highest BCUT2D eigenvalue weighted by atomic mass is 15.3. The molecule has 0 N–H and O–H groups in total. The minimum Gasteiger partial charge on any atom is -0.351 e. The quantitative estimate of drug-likeness (QED) is 0.744. The average Bonchev–Trinajstić information content (AvgIpc) is 2.81. The molecule has 1 aliphatic rings. The van der Waals surface area contributed by atoms with Gasteiger partial charge in [-0.3, -0.25) is 4.98 Å². The first-order valence-electron chi connectivity index (χ1n) is 8.15. The molecule has 23 heavy (non-hydrogen) atoms. The smallest absolute Gasteiger partial charge is 0.152 e. The Hall–Kier alpha value is -2.50. The Morgan fingerprint density at radius 2 is 1.96 bits per heavy atom. The number of fused-ring (bicyclic) bond motifs is 2. The van der Waals surface area contributed by atoms with Crippen LogP contribution in [0.2, 0.25) is 0 Å². The summed E-state index contributed by atoms with van der Waals surface area (Å²) < 4.78 is 2.28. The number of para-hydroxylation sites is 2. The summed E-state index contributed by atoms with van der Waals surface area (Å²) in [5.41, 5.74) is 1.83. The Morgan fingerprint density at radius 1 is 1.09 bits per heavy atom. The van der Waals surface area contributed by atoms with E-state index in [4.69, 9.17) is 4.98 Å². The van der Waals surface area contributed by atoms with Gasteiger partial charge in [0.2, 0.25) is 0 Å². The van der Waals surface area contributed by atoms with E-state index >= 15 is 0 Å². The molecule has 0 atom stereocenters. The fourth-order valence-corrected chi connectivity index (χ4v) is 3.09. The van der Waals surface area contributed by atoms with Crippen LogP contribution in [-0.4, -0.2) is 31.8 Å². The monoisotopic (exact) mass is 308 g/mol. The summed E-state index contributed by atoms with van der Waals surface area (Å²) in [5, 5.41) is 8.75. The fourth-order valence-electron chi connectivity index (χ4n) is 3.09. The van der Waals surface area contributed by atoms with Gasteiger partial charge in [-0.25, -0.2) is 4.98 Å². The normalized spacial score (nSPS) is 14.5. The highest BCUT2D eigenvalue weighted by Crippen LogP contribution is 2.18. The summed E-state index contributed by atoms with van der Waals surface area (Å²) >= 11 is 0. The number of aromatic nitrogens is 5. The third-order valence-corrected chi connectivity index (χ3v) is 4.39. The van der Waals surface area contributed by atoms with Crippen LogP contribution in [0.3, 0.4) is 0 Å². The average molecular weight is 308 g/mol. The SMILES string of the molecule is CN(Cc1nnc2n1CCCCC2)c1cnc2ccccc2n1. The molecule has 3 heterocycles. The van der Waals surface area contributed by atoms with E-state index in [0.29, 0.717) is 6.54 Å². The van der Waals surface area contributed by atoms with E-state index in [2.05, 4.69) is 24.6 Å². The van der Waals surface area contributed by atoms with Crippen molar-refractivity contribution in [3.05, 3.63) is 42.1 Å². The Kier molecular flexibility index (Phi) is 3.65. The van der Waals surface area contributed by atoms with E-state index in [0.717, 1.165) is 41.5 Å². The third kappa shape index (κ3) is 2.76. The molecule has 0 spiro atoms. The molecule has 6 nitrogen and oxygen atoms in total. The van der Waals surface area contributed by atoms with Gasteiger partial charge in [-0.2, -0.15) is 0 Å². The van der Waals surface area contributed by atoms with Crippen LogP contribution in [0.15, 0.2) is 30.5 Å². The second kappa shape index (κ2) is 5.95. The summed E-state index contributed by atoms with van der Waals surface area (Å²) in [5.74, 6) is 2.99. The predicted octanol–water partition coefficient (Wildman–Crippen LogP) is 2.58. The Morgan fingerprint density at radius 3 is 2.87 bits per heavy atom. The first-order valence-corrected chi connectivity index (χ1v) is 8.15. The Labute approximate surface area is 135 Å². The fraction of sp³-hybridized carbons (Fsp3) is 0.412. The van der Waals surface area contributed by atoms with Gasteiger partial charge < -0.3 is 9.47 Å². The van der Waals surface area contributed by atoms with Crippen molar-refractivity contribution in [3.63, 3.8) is 0 Å². The number of aryl methyl sites for hydroxylation is 1. The standard InChI is InChI=1S/C17H20N6/c1-22(16-11-18-13-7-4-5-8-14(13)19-16)12-17-21-20-15-9-3-2-6-10-23(15)17/h4-5,7-8,11H,2-3,6,9-10,12H2,1H3. The minimum atomic E-state index is 0.694.